The first-order chi connectivity index (χ1) is 6.45. The highest BCUT2D eigenvalue weighted by Crippen LogP contribution is 2.09. The van der Waals surface area contributed by atoms with Crippen molar-refractivity contribution in [3.05, 3.63) is 36.9 Å². The van der Waals surface area contributed by atoms with Gasteiger partial charge in [0, 0.05) is 24.8 Å². The maximum Gasteiger partial charge on any atom is 0.576 e. The highest BCUT2D eigenvalue weighted by Gasteiger charge is 1.98. The van der Waals surface area contributed by atoms with E-state index in [0.29, 0.717) is 0 Å². The topological polar surface area (TPSA) is 50.0 Å². The standard InChI is InChI=1S/C8H9BN2O2/c1-3-10-5-7(1)12-9-13-8-2-4-11-6-8/h1-6,9-11H. The molecular weight excluding hydrogens is 167 g/mol. The molecule has 0 fully saturated rings. The summed E-state index contributed by atoms with van der Waals surface area (Å²) in [6, 6.07) is 3.67. The Bertz CT molecular complexity index is 297. The molecule has 0 spiro atoms. The highest BCUT2D eigenvalue weighted by molar-refractivity contribution is 6.20. The Morgan fingerprint density at radius 1 is 0.923 bits per heavy atom. The van der Waals surface area contributed by atoms with Crippen molar-refractivity contribution in [2.24, 2.45) is 0 Å². The summed E-state index contributed by atoms with van der Waals surface area (Å²) in [5.74, 6) is 1.55. The lowest BCUT2D eigenvalue weighted by molar-refractivity contribution is 0.460. The van der Waals surface area contributed by atoms with Gasteiger partial charge >= 0.3 is 7.69 Å². The third-order valence-corrected chi connectivity index (χ3v) is 1.59. The summed E-state index contributed by atoms with van der Waals surface area (Å²) in [6.07, 6.45) is 7.12. The van der Waals surface area contributed by atoms with Crippen molar-refractivity contribution < 1.29 is 9.31 Å². The van der Waals surface area contributed by atoms with Crippen LogP contribution < -0.4 is 9.31 Å². The van der Waals surface area contributed by atoms with Crippen molar-refractivity contribution in [3.63, 3.8) is 0 Å². The number of rotatable bonds is 4. The summed E-state index contributed by atoms with van der Waals surface area (Å²) < 4.78 is 10.5. The molecule has 0 atom stereocenters. The van der Waals surface area contributed by atoms with Crippen LogP contribution >= 0.6 is 0 Å². The number of hydrogen-bond acceptors (Lipinski definition) is 2. The van der Waals surface area contributed by atoms with E-state index < -0.39 is 0 Å². The molecule has 4 nitrogen and oxygen atoms in total. The van der Waals surface area contributed by atoms with Gasteiger partial charge in [0.2, 0.25) is 0 Å². The molecule has 0 aliphatic carbocycles. The molecule has 66 valence electrons. The second kappa shape index (κ2) is 3.75. The molecule has 0 saturated carbocycles. The van der Waals surface area contributed by atoms with Crippen LogP contribution in [0.2, 0.25) is 0 Å². The first-order valence-corrected chi connectivity index (χ1v) is 3.96. The summed E-state index contributed by atoms with van der Waals surface area (Å²) in [7, 11) is 0.218. The Balaban J connectivity index is 1.76. The molecule has 2 heterocycles. The lowest BCUT2D eigenvalue weighted by Crippen LogP contribution is -2.09. The molecule has 0 aliphatic heterocycles. The second-order valence-electron chi connectivity index (χ2n) is 2.50. The van der Waals surface area contributed by atoms with Crippen molar-refractivity contribution in [1.82, 2.24) is 9.97 Å². The molecule has 0 bridgehead atoms. The van der Waals surface area contributed by atoms with E-state index in [2.05, 4.69) is 9.97 Å². The van der Waals surface area contributed by atoms with Gasteiger partial charge < -0.3 is 19.3 Å². The molecule has 0 unspecified atom stereocenters. The van der Waals surface area contributed by atoms with Crippen molar-refractivity contribution in [3.8, 4) is 11.5 Å². The first kappa shape index (κ1) is 7.85. The summed E-state index contributed by atoms with van der Waals surface area (Å²) >= 11 is 0. The summed E-state index contributed by atoms with van der Waals surface area (Å²) in [5.41, 5.74) is 0. The van der Waals surface area contributed by atoms with Gasteiger partial charge in [0.05, 0.1) is 0 Å². The van der Waals surface area contributed by atoms with Gasteiger partial charge in [-0.2, -0.15) is 0 Å². The Kier molecular flexibility index (Phi) is 2.27. The lowest BCUT2D eigenvalue weighted by Gasteiger charge is -2.02. The van der Waals surface area contributed by atoms with Crippen molar-refractivity contribution in [2.75, 3.05) is 0 Å². The molecule has 5 heteroatoms. The SMILES string of the molecule is B(Oc1cc[nH]c1)Oc1cc[nH]c1. The Labute approximate surface area is 76.2 Å². The number of H-pyrrole nitrogens is 2. The number of nitrogens with one attached hydrogen (secondary N) is 2. The number of aromatic amines is 2. The molecular formula is C8H9BN2O2. The van der Waals surface area contributed by atoms with Crippen LogP contribution in [0.15, 0.2) is 36.9 Å². The van der Waals surface area contributed by atoms with Gasteiger partial charge in [0.25, 0.3) is 0 Å². The highest BCUT2D eigenvalue weighted by atomic mass is 16.6. The van der Waals surface area contributed by atoms with E-state index >= 15 is 0 Å². The van der Waals surface area contributed by atoms with Gasteiger partial charge in [-0.3, -0.25) is 0 Å². The minimum atomic E-state index is 0.218. The van der Waals surface area contributed by atoms with Crippen LogP contribution in [0.5, 0.6) is 11.5 Å². The zero-order valence-electron chi connectivity index (χ0n) is 6.99. The smallest absolute Gasteiger partial charge is 0.527 e. The molecule has 0 saturated heterocycles. The fourth-order valence-corrected chi connectivity index (χ4v) is 0.962. The van der Waals surface area contributed by atoms with E-state index in [1.165, 1.54) is 0 Å². The minimum Gasteiger partial charge on any atom is -0.527 e. The molecule has 0 amide bonds. The van der Waals surface area contributed by atoms with E-state index in [1.54, 1.807) is 24.8 Å². The van der Waals surface area contributed by atoms with Crippen LogP contribution in [0, 0.1) is 0 Å². The molecule has 2 aromatic rings. The van der Waals surface area contributed by atoms with Gasteiger partial charge in [-0.1, -0.05) is 0 Å². The van der Waals surface area contributed by atoms with Crippen LogP contribution in [0.4, 0.5) is 0 Å². The summed E-state index contributed by atoms with van der Waals surface area (Å²) in [6.45, 7) is 0. The van der Waals surface area contributed by atoms with Crippen molar-refractivity contribution >= 4 is 7.69 Å². The first-order valence-electron chi connectivity index (χ1n) is 3.96. The molecule has 0 aliphatic rings. The van der Waals surface area contributed by atoms with Crippen LogP contribution in [-0.2, 0) is 0 Å². The van der Waals surface area contributed by atoms with Gasteiger partial charge in [0.15, 0.2) is 0 Å². The zero-order valence-corrected chi connectivity index (χ0v) is 6.99. The predicted octanol–water partition coefficient (Wildman–Crippen LogP) is 1.07. The maximum atomic E-state index is 5.25. The van der Waals surface area contributed by atoms with Crippen LogP contribution in [0.3, 0.4) is 0 Å². The summed E-state index contributed by atoms with van der Waals surface area (Å²) in [5, 5.41) is 0. The van der Waals surface area contributed by atoms with E-state index in [1.807, 2.05) is 12.1 Å². The zero-order chi connectivity index (χ0) is 8.93. The fourth-order valence-electron chi connectivity index (χ4n) is 0.962. The molecule has 13 heavy (non-hydrogen) atoms. The maximum absolute atomic E-state index is 5.25. The van der Waals surface area contributed by atoms with Crippen LogP contribution in [0.25, 0.3) is 0 Å². The Morgan fingerprint density at radius 3 is 1.85 bits per heavy atom. The number of aromatic nitrogens is 2. The van der Waals surface area contributed by atoms with E-state index in [-0.39, 0.29) is 7.69 Å². The third-order valence-electron chi connectivity index (χ3n) is 1.59. The normalized spacial score (nSPS) is 9.54. The average Bonchev–Trinajstić information content (AvgIpc) is 2.75. The molecule has 0 radical (unpaired) electrons. The van der Waals surface area contributed by atoms with Crippen LogP contribution in [-0.4, -0.2) is 17.7 Å². The minimum absolute atomic E-state index is 0.218. The van der Waals surface area contributed by atoms with E-state index in [0.717, 1.165) is 11.5 Å². The summed E-state index contributed by atoms with van der Waals surface area (Å²) in [4.78, 5) is 5.77. The Morgan fingerprint density at radius 2 is 1.46 bits per heavy atom. The van der Waals surface area contributed by atoms with Crippen LogP contribution in [0.1, 0.15) is 0 Å². The second-order valence-corrected chi connectivity index (χ2v) is 2.50. The fraction of sp³-hybridized carbons (Fsp3) is 0. The predicted molar refractivity (Wildman–Crippen MR) is 50.0 cm³/mol. The molecule has 0 aromatic carbocycles. The average molecular weight is 176 g/mol. The van der Waals surface area contributed by atoms with Gasteiger partial charge in [-0.25, -0.2) is 0 Å². The third kappa shape index (κ3) is 2.08. The van der Waals surface area contributed by atoms with Crippen molar-refractivity contribution in [1.29, 1.82) is 0 Å². The molecule has 2 rings (SSSR count). The largest absolute Gasteiger partial charge is 0.576 e. The van der Waals surface area contributed by atoms with Gasteiger partial charge in [-0.05, 0) is 12.1 Å². The monoisotopic (exact) mass is 176 g/mol. The quantitative estimate of drug-likeness (QED) is 0.684. The molecule has 2 aromatic heterocycles. The number of hydrogen-bond donors (Lipinski definition) is 2. The van der Waals surface area contributed by atoms with Gasteiger partial charge in [-0.15, -0.1) is 0 Å². The van der Waals surface area contributed by atoms with E-state index in [4.69, 9.17) is 9.31 Å². The Hall–Kier alpha value is -1.78. The van der Waals surface area contributed by atoms with E-state index in [9.17, 15) is 0 Å². The lowest BCUT2D eigenvalue weighted by atomic mass is 10.3. The molecule has 2 N–H and O–H groups in total. The van der Waals surface area contributed by atoms with Gasteiger partial charge in [0.1, 0.15) is 11.5 Å². The van der Waals surface area contributed by atoms with Crippen molar-refractivity contribution in [2.45, 2.75) is 0 Å².